The van der Waals surface area contributed by atoms with Gasteiger partial charge in [0.15, 0.2) is 0 Å². The maximum Gasteiger partial charge on any atom is 0.225 e. The first-order valence-corrected chi connectivity index (χ1v) is 7.69. The molecule has 0 aromatic carbocycles. The van der Waals surface area contributed by atoms with Crippen LogP contribution in [-0.4, -0.2) is 54.1 Å². The van der Waals surface area contributed by atoms with E-state index in [0.717, 1.165) is 12.8 Å². The highest BCUT2D eigenvalue weighted by Crippen LogP contribution is 2.31. The van der Waals surface area contributed by atoms with Crippen molar-refractivity contribution < 1.29 is 8.42 Å². The average Bonchev–Trinajstić information content (AvgIpc) is 3.25. The lowest BCUT2D eigenvalue weighted by molar-refractivity contribution is 0.382. The summed E-state index contributed by atoms with van der Waals surface area (Å²) in [7, 11) is -3.03. The van der Waals surface area contributed by atoms with Crippen LogP contribution in [0.1, 0.15) is 12.8 Å². The average molecular weight is 268 g/mol. The Bertz CT molecular complexity index is 507. The second kappa shape index (κ2) is 4.47. The lowest BCUT2D eigenvalue weighted by atomic mass is 10.4. The Morgan fingerprint density at radius 3 is 2.22 bits per heavy atom. The monoisotopic (exact) mass is 268 g/mol. The van der Waals surface area contributed by atoms with Crippen LogP contribution in [0.3, 0.4) is 0 Å². The second-order valence-corrected chi connectivity index (χ2v) is 6.89. The predicted octanol–water partition coefficient (Wildman–Crippen LogP) is 0.0908. The summed E-state index contributed by atoms with van der Waals surface area (Å²) in [6, 6.07) is 1.78. The van der Waals surface area contributed by atoms with E-state index in [4.69, 9.17) is 0 Å². The number of nitrogens with zero attached hydrogens (tertiary/aromatic N) is 4. The Hall–Kier alpha value is -1.21. The topological polar surface area (TPSA) is 66.4 Å². The second-order valence-electron chi connectivity index (χ2n) is 4.68. The lowest BCUT2D eigenvalue weighted by Gasteiger charge is -2.33. The summed E-state index contributed by atoms with van der Waals surface area (Å²) in [6.07, 6.45) is 5.06. The summed E-state index contributed by atoms with van der Waals surface area (Å²) in [5.41, 5.74) is 0. The van der Waals surface area contributed by atoms with Gasteiger partial charge in [-0.2, -0.15) is 4.31 Å². The third kappa shape index (κ3) is 2.20. The summed E-state index contributed by atoms with van der Waals surface area (Å²) in [5.74, 6) is 0.681. The molecule has 0 radical (unpaired) electrons. The molecular formula is C11H16N4O2S. The summed E-state index contributed by atoms with van der Waals surface area (Å²) in [5, 5.41) is -0.114. The largest absolute Gasteiger partial charge is 0.338 e. The van der Waals surface area contributed by atoms with Crippen molar-refractivity contribution in [3.05, 3.63) is 18.5 Å². The summed E-state index contributed by atoms with van der Waals surface area (Å²) >= 11 is 0. The van der Waals surface area contributed by atoms with Gasteiger partial charge in [0.1, 0.15) is 0 Å². The van der Waals surface area contributed by atoms with E-state index in [-0.39, 0.29) is 5.25 Å². The zero-order valence-electron chi connectivity index (χ0n) is 10.1. The summed E-state index contributed by atoms with van der Waals surface area (Å²) < 4.78 is 25.7. The summed E-state index contributed by atoms with van der Waals surface area (Å²) in [6.45, 7) is 2.40. The number of hydrogen-bond acceptors (Lipinski definition) is 5. The third-order valence-electron chi connectivity index (χ3n) is 3.38. The Kier molecular flexibility index (Phi) is 2.95. The van der Waals surface area contributed by atoms with E-state index >= 15 is 0 Å². The molecular weight excluding hydrogens is 252 g/mol. The molecule has 6 nitrogen and oxygen atoms in total. The highest BCUT2D eigenvalue weighted by molar-refractivity contribution is 7.90. The van der Waals surface area contributed by atoms with Gasteiger partial charge in [0.25, 0.3) is 0 Å². The Morgan fingerprint density at radius 2 is 1.67 bits per heavy atom. The maximum atomic E-state index is 12.1. The van der Waals surface area contributed by atoms with E-state index < -0.39 is 10.0 Å². The molecule has 1 aromatic rings. The van der Waals surface area contributed by atoms with Gasteiger partial charge in [-0.1, -0.05) is 0 Å². The van der Waals surface area contributed by atoms with Crippen LogP contribution in [-0.2, 0) is 10.0 Å². The molecule has 0 amide bonds. The van der Waals surface area contributed by atoms with Crippen molar-refractivity contribution in [2.24, 2.45) is 0 Å². The molecule has 1 aliphatic carbocycles. The van der Waals surface area contributed by atoms with E-state index in [1.807, 2.05) is 4.90 Å². The third-order valence-corrected chi connectivity index (χ3v) is 5.78. The number of hydrogen-bond donors (Lipinski definition) is 0. The smallest absolute Gasteiger partial charge is 0.225 e. The van der Waals surface area contributed by atoms with Gasteiger partial charge in [-0.3, -0.25) is 0 Å². The molecule has 1 saturated carbocycles. The molecule has 7 heteroatoms. The van der Waals surface area contributed by atoms with Crippen molar-refractivity contribution in [1.29, 1.82) is 0 Å². The first-order valence-electron chi connectivity index (χ1n) is 6.19. The molecule has 0 spiro atoms. The van der Waals surface area contributed by atoms with E-state index in [1.165, 1.54) is 0 Å². The van der Waals surface area contributed by atoms with Gasteiger partial charge in [0.05, 0.1) is 5.25 Å². The molecule has 1 aliphatic heterocycles. The fourth-order valence-electron chi connectivity index (χ4n) is 2.17. The van der Waals surface area contributed by atoms with Crippen molar-refractivity contribution in [3.8, 4) is 0 Å². The highest BCUT2D eigenvalue weighted by atomic mass is 32.2. The van der Waals surface area contributed by atoms with Gasteiger partial charge in [0, 0.05) is 38.6 Å². The molecule has 2 aliphatic rings. The molecule has 1 aromatic heterocycles. The van der Waals surface area contributed by atoms with Gasteiger partial charge < -0.3 is 4.90 Å². The molecule has 1 saturated heterocycles. The normalized spacial score (nSPS) is 22.1. The standard InChI is InChI=1S/C11H16N4O2S/c16-18(17,10-2-3-10)15-8-6-14(7-9-15)11-12-4-1-5-13-11/h1,4-5,10H,2-3,6-9H2. The SMILES string of the molecule is O=S(=O)(C1CC1)N1CCN(c2ncccn2)CC1. The first-order chi connectivity index (χ1) is 8.68. The van der Waals surface area contributed by atoms with Crippen LogP contribution < -0.4 is 4.90 Å². The molecule has 98 valence electrons. The van der Waals surface area contributed by atoms with Crippen molar-refractivity contribution in [2.75, 3.05) is 31.1 Å². The van der Waals surface area contributed by atoms with E-state index in [2.05, 4.69) is 9.97 Å². The quantitative estimate of drug-likeness (QED) is 0.777. The minimum Gasteiger partial charge on any atom is -0.338 e. The zero-order chi connectivity index (χ0) is 12.6. The van der Waals surface area contributed by atoms with Gasteiger partial charge in [-0.15, -0.1) is 0 Å². The van der Waals surface area contributed by atoms with Crippen LogP contribution in [0.15, 0.2) is 18.5 Å². The first kappa shape index (κ1) is 11.9. The molecule has 3 rings (SSSR count). The number of anilines is 1. The van der Waals surface area contributed by atoms with Gasteiger partial charge in [0.2, 0.25) is 16.0 Å². The lowest BCUT2D eigenvalue weighted by Crippen LogP contribution is -2.50. The van der Waals surface area contributed by atoms with Gasteiger partial charge >= 0.3 is 0 Å². The molecule has 2 fully saturated rings. The van der Waals surface area contributed by atoms with Crippen LogP contribution in [0.2, 0.25) is 0 Å². The van der Waals surface area contributed by atoms with Gasteiger partial charge in [-0.25, -0.2) is 18.4 Å². The van der Waals surface area contributed by atoms with E-state index in [0.29, 0.717) is 32.1 Å². The number of piperazine rings is 1. The Labute approximate surface area is 107 Å². The minimum absolute atomic E-state index is 0.114. The van der Waals surface area contributed by atoms with Crippen LogP contribution >= 0.6 is 0 Å². The molecule has 2 heterocycles. The fraction of sp³-hybridized carbons (Fsp3) is 0.636. The maximum absolute atomic E-state index is 12.1. The van der Waals surface area contributed by atoms with Crippen molar-refractivity contribution in [1.82, 2.24) is 14.3 Å². The predicted molar refractivity (Wildman–Crippen MR) is 67.8 cm³/mol. The number of rotatable bonds is 3. The van der Waals surface area contributed by atoms with Crippen LogP contribution in [0.25, 0.3) is 0 Å². The number of aromatic nitrogens is 2. The van der Waals surface area contributed by atoms with E-state index in [9.17, 15) is 8.42 Å². The van der Waals surface area contributed by atoms with Crippen LogP contribution in [0.5, 0.6) is 0 Å². The minimum atomic E-state index is -3.03. The van der Waals surface area contributed by atoms with Crippen molar-refractivity contribution in [2.45, 2.75) is 18.1 Å². The zero-order valence-corrected chi connectivity index (χ0v) is 10.9. The van der Waals surface area contributed by atoms with Crippen LogP contribution in [0, 0.1) is 0 Å². The highest BCUT2D eigenvalue weighted by Gasteiger charge is 2.41. The fourth-order valence-corrected chi connectivity index (χ4v) is 4.00. The van der Waals surface area contributed by atoms with Crippen molar-refractivity contribution >= 4 is 16.0 Å². The molecule has 0 bridgehead atoms. The Morgan fingerprint density at radius 1 is 1.06 bits per heavy atom. The van der Waals surface area contributed by atoms with Crippen molar-refractivity contribution in [3.63, 3.8) is 0 Å². The summed E-state index contributed by atoms with van der Waals surface area (Å²) in [4.78, 5) is 10.4. The van der Waals surface area contributed by atoms with Crippen LogP contribution in [0.4, 0.5) is 5.95 Å². The molecule has 0 unspecified atom stereocenters. The van der Waals surface area contributed by atoms with Gasteiger partial charge in [-0.05, 0) is 18.9 Å². The number of sulfonamides is 1. The van der Waals surface area contributed by atoms with E-state index in [1.54, 1.807) is 22.8 Å². The molecule has 18 heavy (non-hydrogen) atoms. The molecule has 0 N–H and O–H groups in total. The molecule has 0 atom stereocenters. The Balaban J connectivity index is 1.65.